The van der Waals surface area contributed by atoms with Crippen LogP contribution < -0.4 is 15.4 Å². The third-order valence-corrected chi connectivity index (χ3v) is 4.07. The zero-order chi connectivity index (χ0) is 17.7. The highest BCUT2D eigenvalue weighted by atomic mass is 19.4. The molecule has 0 radical (unpaired) electrons. The van der Waals surface area contributed by atoms with Crippen molar-refractivity contribution >= 4 is 11.7 Å². The molecule has 1 aliphatic rings. The van der Waals surface area contributed by atoms with Gasteiger partial charge in [-0.15, -0.1) is 0 Å². The van der Waals surface area contributed by atoms with Crippen LogP contribution in [0, 0.1) is 12.8 Å². The summed E-state index contributed by atoms with van der Waals surface area (Å²) >= 11 is 0. The van der Waals surface area contributed by atoms with Crippen LogP contribution in [-0.4, -0.2) is 36.6 Å². The molecule has 0 unspecified atom stereocenters. The first-order chi connectivity index (χ1) is 11.3. The largest absolute Gasteiger partial charge is 0.484 e. The third kappa shape index (κ3) is 5.30. The van der Waals surface area contributed by atoms with Crippen molar-refractivity contribution in [3.63, 3.8) is 0 Å². The van der Waals surface area contributed by atoms with Crippen molar-refractivity contribution in [3.05, 3.63) is 23.8 Å². The highest BCUT2D eigenvalue weighted by Gasteiger charge is 2.29. The predicted octanol–water partition coefficient (Wildman–Crippen LogP) is 3.22. The first-order valence-corrected chi connectivity index (χ1v) is 7.78. The van der Waals surface area contributed by atoms with Crippen LogP contribution in [0.25, 0.3) is 0 Å². The molecule has 0 heterocycles. The van der Waals surface area contributed by atoms with Crippen LogP contribution in [0.1, 0.15) is 24.8 Å². The molecule has 1 fully saturated rings. The first kappa shape index (κ1) is 18.4. The van der Waals surface area contributed by atoms with Gasteiger partial charge in [-0.3, -0.25) is 0 Å². The van der Waals surface area contributed by atoms with Crippen LogP contribution >= 0.6 is 0 Å². The van der Waals surface area contributed by atoms with Crippen molar-refractivity contribution < 1.29 is 27.8 Å². The van der Waals surface area contributed by atoms with Gasteiger partial charge in [0.05, 0.1) is 6.10 Å². The minimum atomic E-state index is -4.42. The Morgan fingerprint density at radius 3 is 2.75 bits per heavy atom. The van der Waals surface area contributed by atoms with Gasteiger partial charge >= 0.3 is 12.2 Å². The monoisotopic (exact) mass is 346 g/mol. The van der Waals surface area contributed by atoms with Crippen LogP contribution in [0.5, 0.6) is 5.75 Å². The number of alkyl halides is 3. The summed E-state index contributed by atoms with van der Waals surface area (Å²) in [6.45, 7) is 0.543. The second kappa shape index (κ2) is 7.74. The normalized spacial score (nSPS) is 20.7. The Kier molecular flexibility index (Phi) is 5.93. The van der Waals surface area contributed by atoms with E-state index in [4.69, 9.17) is 4.74 Å². The van der Waals surface area contributed by atoms with E-state index in [0.29, 0.717) is 17.8 Å². The fourth-order valence-corrected chi connectivity index (χ4v) is 2.71. The summed E-state index contributed by atoms with van der Waals surface area (Å²) in [6, 6.07) is 4.04. The van der Waals surface area contributed by atoms with Crippen molar-refractivity contribution in [2.45, 2.75) is 38.5 Å². The number of anilines is 1. The van der Waals surface area contributed by atoms with Gasteiger partial charge in [0.15, 0.2) is 6.61 Å². The van der Waals surface area contributed by atoms with E-state index in [0.717, 1.165) is 19.3 Å². The van der Waals surface area contributed by atoms with E-state index >= 15 is 0 Å². The summed E-state index contributed by atoms with van der Waals surface area (Å²) in [5.41, 5.74) is 0.789. The molecular formula is C16H21F3N2O3. The second-order valence-electron chi connectivity index (χ2n) is 5.93. The van der Waals surface area contributed by atoms with Gasteiger partial charge in [-0.2, -0.15) is 13.2 Å². The maximum absolute atomic E-state index is 12.2. The number of urea groups is 1. The minimum absolute atomic E-state index is 0.0401. The molecular weight excluding hydrogens is 325 g/mol. The summed E-state index contributed by atoms with van der Waals surface area (Å²) < 4.78 is 41.5. The van der Waals surface area contributed by atoms with Crippen molar-refractivity contribution in [2.24, 2.45) is 5.92 Å². The van der Waals surface area contributed by atoms with E-state index in [9.17, 15) is 23.1 Å². The molecule has 1 aromatic rings. The van der Waals surface area contributed by atoms with E-state index in [1.54, 1.807) is 13.0 Å². The van der Waals surface area contributed by atoms with Crippen LogP contribution in [-0.2, 0) is 0 Å². The van der Waals surface area contributed by atoms with E-state index in [-0.39, 0.29) is 11.7 Å². The molecule has 2 rings (SSSR count). The van der Waals surface area contributed by atoms with E-state index in [1.807, 2.05) is 0 Å². The van der Waals surface area contributed by atoms with Crippen molar-refractivity contribution in [2.75, 3.05) is 18.5 Å². The molecule has 2 atom stereocenters. The van der Waals surface area contributed by atoms with E-state index < -0.39 is 24.9 Å². The molecule has 8 heteroatoms. The summed E-state index contributed by atoms with van der Waals surface area (Å²) in [7, 11) is 0. The summed E-state index contributed by atoms with van der Waals surface area (Å²) in [6.07, 6.45) is -2.28. The van der Waals surface area contributed by atoms with Crippen molar-refractivity contribution in [1.29, 1.82) is 0 Å². The number of rotatable bonds is 5. The van der Waals surface area contributed by atoms with Gasteiger partial charge in [0.1, 0.15) is 5.75 Å². The average Bonchev–Trinajstić information content (AvgIpc) is 2.90. The standard InChI is InChI=1S/C16H21F3N2O3/c1-10-12(5-3-7-14(10)24-9-16(17,18)19)21-15(23)20-8-11-4-2-6-13(11)22/h3,5,7,11,13,22H,2,4,6,8-9H2,1H3,(H2,20,21,23)/t11-,13+/m0/s1. The van der Waals surface area contributed by atoms with Crippen LogP contribution in [0.4, 0.5) is 23.7 Å². The van der Waals surface area contributed by atoms with Crippen molar-refractivity contribution in [3.8, 4) is 5.75 Å². The van der Waals surface area contributed by atoms with Crippen LogP contribution in [0.3, 0.4) is 0 Å². The van der Waals surface area contributed by atoms with Gasteiger partial charge < -0.3 is 20.5 Å². The SMILES string of the molecule is Cc1c(NC(=O)NC[C@@H]2CCC[C@H]2O)cccc1OCC(F)(F)F. The molecule has 24 heavy (non-hydrogen) atoms. The van der Waals surface area contributed by atoms with Gasteiger partial charge in [0, 0.05) is 23.7 Å². The Bertz CT molecular complexity index is 578. The molecule has 1 saturated carbocycles. The molecule has 5 nitrogen and oxygen atoms in total. The smallest absolute Gasteiger partial charge is 0.422 e. The molecule has 3 N–H and O–H groups in total. The molecule has 0 aromatic heterocycles. The molecule has 1 aromatic carbocycles. The lowest BCUT2D eigenvalue weighted by Crippen LogP contribution is -2.35. The molecule has 0 saturated heterocycles. The topological polar surface area (TPSA) is 70.6 Å². The molecule has 0 bridgehead atoms. The van der Waals surface area contributed by atoms with Crippen LogP contribution in [0.15, 0.2) is 18.2 Å². The zero-order valence-electron chi connectivity index (χ0n) is 13.3. The predicted molar refractivity (Wildman–Crippen MR) is 83.1 cm³/mol. The maximum Gasteiger partial charge on any atom is 0.422 e. The second-order valence-corrected chi connectivity index (χ2v) is 5.93. The number of ether oxygens (including phenoxy) is 1. The van der Waals surface area contributed by atoms with Gasteiger partial charge in [-0.05, 0) is 31.9 Å². The number of hydrogen-bond acceptors (Lipinski definition) is 3. The third-order valence-electron chi connectivity index (χ3n) is 4.07. The summed E-state index contributed by atoms with van der Waals surface area (Å²) in [4.78, 5) is 11.9. The number of amides is 2. The average molecular weight is 346 g/mol. The maximum atomic E-state index is 12.2. The van der Waals surface area contributed by atoms with Crippen molar-refractivity contribution in [1.82, 2.24) is 5.32 Å². The van der Waals surface area contributed by atoms with Crippen LogP contribution in [0.2, 0.25) is 0 Å². The molecule has 2 amide bonds. The Hall–Kier alpha value is -1.96. The number of benzene rings is 1. The molecule has 0 spiro atoms. The lowest BCUT2D eigenvalue weighted by atomic mass is 10.1. The lowest BCUT2D eigenvalue weighted by Gasteiger charge is -2.17. The zero-order valence-corrected chi connectivity index (χ0v) is 13.3. The Morgan fingerprint density at radius 1 is 1.38 bits per heavy atom. The number of hydrogen-bond donors (Lipinski definition) is 3. The number of carbonyl (C=O) groups is 1. The number of carbonyl (C=O) groups excluding carboxylic acids is 1. The summed E-state index contributed by atoms with van der Waals surface area (Å²) in [5.74, 6) is 0.106. The highest BCUT2D eigenvalue weighted by Crippen LogP contribution is 2.27. The number of halogens is 3. The minimum Gasteiger partial charge on any atom is -0.484 e. The lowest BCUT2D eigenvalue weighted by molar-refractivity contribution is -0.153. The number of aliphatic hydroxyl groups is 1. The van der Waals surface area contributed by atoms with Gasteiger partial charge in [0.2, 0.25) is 0 Å². The molecule has 134 valence electrons. The Labute approximate surface area is 138 Å². The van der Waals surface area contributed by atoms with Gasteiger partial charge in [-0.1, -0.05) is 12.5 Å². The number of nitrogens with one attached hydrogen (secondary N) is 2. The summed E-state index contributed by atoms with van der Waals surface area (Å²) in [5, 5.41) is 15.0. The Balaban J connectivity index is 1.90. The fraction of sp³-hybridized carbons (Fsp3) is 0.562. The van der Waals surface area contributed by atoms with E-state index in [1.165, 1.54) is 12.1 Å². The number of aliphatic hydroxyl groups excluding tert-OH is 1. The molecule has 0 aliphatic heterocycles. The quantitative estimate of drug-likeness (QED) is 0.767. The molecule has 1 aliphatic carbocycles. The fourth-order valence-electron chi connectivity index (χ4n) is 2.71. The van der Waals surface area contributed by atoms with Gasteiger partial charge in [-0.25, -0.2) is 4.79 Å². The van der Waals surface area contributed by atoms with E-state index in [2.05, 4.69) is 10.6 Å². The highest BCUT2D eigenvalue weighted by molar-refractivity contribution is 5.90. The van der Waals surface area contributed by atoms with Gasteiger partial charge in [0.25, 0.3) is 0 Å². The Morgan fingerprint density at radius 2 is 2.12 bits per heavy atom. The first-order valence-electron chi connectivity index (χ1n) is 7.78.